The molecule has 0 bridgehead atoms. The molecule has 0 aliphatic rings. The Morgan fingerprint density at radius 1 is 1.27 bits per heavy atom. The molecule has 1 rings (SSSR count). The molecule has 0 fully saturated rings. The average molecular weight is 217 g/mol. The highest BCUT2D eigenvalue weighted by atomic mass is 19.4. The van der Waals surface area contributed by atoms with Crippen molar-refractivity contribution in [1.82, 2.24) is 0 Å². The monoisotopic (exact) mass is 217 g/mol. The summed E-state index contributed by atoms with van der Waals surface area (Å²) in [6.07, 6.45) is -2.29. The predicted molar refractivity (Wildman–Crippen MR) is 54.8 cm³/mol. The second-order valence-corrected chi connectivity index (χ2v) is 3.36. The summed E-state index contributed by atoms with van der Waals surface area (Å²) in [4.78, 5) is 0. The summed E-state index contributed by atoms with van der Waals surface area (Å²) in [5.74, 6) is 0. The van der Waals surface area contributed by atoms with Crippen LogP contribution in [-0.4, -0.2) is 6.54 Å². The first-order valence-electron chi connectivity index (χ1n) is 4.95. The van der Waals surface area contributed by atoms with Crippen LogP contribution in [0, 0.1) is 0 Å². The molecule has 0 saturated heterocycles. The maximum absolute atomic E-state index is 12.3. The molecule has 84 valence electrons. The summed E-state index contributed by atoms with van der Waals surface area (Å²) >= 11 is 0. The molecule has 0 unspecified atom stereocenters. The lowest BCUT2D eigenvalue weighted by molar-refractivity contribution is -0.137. The van der Waals surface area contributed by atoms with Crippen LogP contribution in [0.15, 0.2) is 24.3 Å². The van der Waals surface area contributed by atoms with E-state index >= 15 is 0 Å². The molecule has 1 aromatic carbocycles. The predicted octanol–water partition coefficient (Wildman–Crippen LogP) is 3.92. The number of hydrogen-bond donors (Lipinski definition) is 1. The quantitative estimate of drug-likeness (QED) is 0.754. The van der Waals surface area contributed by atoms with Gasteiger partial charge in [-0.1, -0.05) is 19.4 Å². The number of rotatable bonds is 4. The molecular formula is C11H14F3N. The number of unbranched alkanes of at least 4 members (excludes halogenated alkanes) is 1. The van der Waals surface area contributed by atoms with Crippen LogP contribution in [0.5, 0.6) is 0 Å². The first kappa shape index (κ1) is 11.9. The minimum atomic E-state index is -4.26. The second-order valence-electron chi connectivity index (χ2n) is 3.36. The maximum Gasteiger partial charge on any atom is 0.416 e. The van der Waals surface area contributed by atoms with Gasteiger partial charge in [0, 0.05) is 12.2 Å². The molecule has 0 aromatic heterocycles. The highest BCUT2D eigenvalue weighted by Gasteiger charge is 2.30. The van der Waals surface area contributed by atoms with E-state index < -0.39 is 11.7 Å². The zero-order chi connectivity index (χ0) is 11.3. The minimum Gasteiger partial charge on any atom is -0.385 e. The van der Waals surface area contributed by atoms with Crippen LogP contribution in [0.25, 0.3) is 0 Å². The first-order valence-corrected chi connectivity index (χ1v) is 4.95. The third kappa shape index (κ3) is 3.81. The van der Waals surface area contributed by atoms with E-state index in [0.717, 1.165) is 25.0 Å². The third-order valence-electron chi connectivity index (χ3n) is 2.05. The Labute approximate surface area is 87.3 Å². The lowest BCUT2D eigenvalue weighted by Gasteiger charge is -2.10. The van der Waals surface area contributed by atoms with Gasteiger partial charge in [-0.2, -0.15) is 13.2 Å². The first-order chi connectivity index (χ1) is 7.04. The summed E-state index contributed by atoms with van der Waals surface area (Å²) in [7, 11) is 0. The van der Waals surface area contributed by atoms with E-state index in [0.29, 0.717) is 12.2 Å². The van der Waals surface area contributed by atoms with Gasteiger partial charge in [0.05, 0.1) is 5.56 Å². The Morgan fingerprint density at radius 2 is 2.00 bits per heavy atom. The number of benzene rings is 1. The Hall–Kier alpha value is -1.19. The van der Waals surface area contributed by atoms with Crippen molar-refractivity contribution >= 4 is 5.69 Å². The van der Waals surface area contributed by atoms with Gasteiger partial charge in [-0.3, -0.25) is 0 Å². The number of nitrogens with one attached hydrogen (secondary N) is 1. The van der Waals surface area contributed by atoms with Gasteiger partial charge >= 0.3 is 6.18 Å². The Kier molecular flexibility index (Phi) is 4.00. The standard InChI is InChI=1S/C11H14F3N/c1-2-3-7-15-10-6-4-5-9(8-10)11(12,13)14/h4-6,8,15H,2-3,7H2,1H3. The molecule has 1 N–H and O–H groups in total. The van der Waals surface area contributed by atoms with Crippen molar-refractivity contribution in [2.45, 2.75) is 25.9 Å². The molecule has 4 heteroatoms. The zero-order valence-corrected chi connectivity index (χ0v) is 8.56. The lowest BCUT2D eigenvalue weighted by atomic mass is 10.2. The van der Waals surface area contributed by atoms with Crippen LogP contribution in [0.1, 0.15) is 25.3 Å². The van der Waals surface area contributed by atoms with Crippen molar-refractivity contribution in [1.29, 1.82) is 0 Å². The summed E-state index contributed by atoms with van der Waals surface area (Å²) in [5.41, 5.74) is -0.0812. The average Bonchev–Trinajstić information content (AvgIpc) is 2.17. The molecule has 0 aliphatic carbocycles. The van der Waals surface area contributed by atoms with E-state index in [1.165, 1.54) is 6.07 Å². The van der Waals surface area contributed by atoms with E-state index in [1.54, 1.807) is 6.07 Å². The largest absolute Gasteiger partial charge is 0.416 e. The molecule has 0 radical (unpaired) electrons. The van der Waals surface area contributed by atoms with Gasteiger partial charge < -0.3 is 5.32 Å². The summed E-state index contributed by atoms with van der Waals surface area (Å²) in [6.45, 7) is 2.74. The Bertz CT molecular complexity index is 307. The van der Waals surface area contributed by atoms with Crippen LogP contribution in [0.2, 0.25) is 0 Å². The van der Waals surface area contributed by atoms with Crippen molar-refractivity contribution in [3.63, 3.8) is 0 Å². The molecular weight excluding hydrogens is 203 g/mol. The topological polar surface area (TPSA) is 12.0 Å². The van der Waals surface area contributed by atoms with Gasteiger partial charge in [-0.05, 0) is 24.6 Å². The number of anilines is 1. The molecule has 0 saturated carbocycles. The Morgan fingerprint density at radius 3 is 2.60 bits per heavy atom. The number of alkyl halides is 3. The molecule has 0 aliphatic heterocycles. The van der Waals surface area contributed by atoms with Gasteiger partial charge in [0.2, 0.25) is 0 Å². The highest BCUT2D eigenvalue weighted by Crippen LogP contribution is 2.30. The fraction of sp³-hybridized carbons (Fsp3) is 0.455. The SMILES string of the molecule is CCCCNc1cccc(C(F)(F)F)c1. The van der Waals surface area contributed by atoms with Gasteiger partial charge in [-0.15, -0.1) is 0 Å². The van der Waals surface area contributed by atoms with Crippen molar-refractivity contribution in [3.05, 3.63) is 29.8 Å². The number of hydrogen-bond acceptors (Lipinski definition) is 1. The van der Waals surface area contributed by atoms with E-state index in [4.69, 9.17) is 0 Å². The fourth-order valence-corrected chi connectivity index (χ4v) is 1.21. The molecule has 0 spiro atoms. The van der Waals surface area contributed by atoms with Crippen LogP contribution >= 0.6 is 0 Å². The van der Waals surface area contributed by atoms with Crippen molar-refractivity contribution in [3.8, 4) is 0 Å². The normalized spacial score (nSPS) is 11.5. The summed E-state index contributed by atoms with van der Waals surface area (Å²) in [5, 5.41) is 2.96. The highest BCUT2D eigenvalue weighted by molar-refractivity contribution is 5.46. The van der Waals surface area contributed by atoms with Gasteiger partial charge in [0.15, 0.2) is 0 Å². The number of halogens is 3. The van der Waals surface area contributed by atoms with Gasteiger partial charge in [0.25, 0.3) is 0 Å². The van der Waals surface area contributed by atoms with Crippen LogP contribution < -0.4 is 5.32 Å². The van der Waals surface area contributed by atoms with E-state index in [2.05, 4.69) is 5.32 Å². The molecule has 15 heavy (non-hydrogen) atoms. The van der Waals surface area contributed by atoms with Gasteiger partial charge in [-0.25, -0.2) is 0 Å². The summed E-state index contributed by atoms with van der Waals surface area (Å²) in [6, 6.07) is 5.27. The van der Waals surface area contributed by atoms with Crippen LogP contribution in [-0.2, 0) is 6.18 Å². The fourth-order valence-electron chi connectivity index (χ4n) is 1.21. The zero-order valence-electron chi connectivity index (χ0n) is 8.56. The smallest absolute Gasteiger partial charge is 0.385 e. The van der Waals surface area contributed by atoms with Crippen molar-refractivity contribution < 1.29 is 13.2 Å². The van der Waals surface area contributed by atoms with Crippen LogP contribution in [0.3, 0.4) is 0 Å². The molecule has 0 amide bonds. The maximum atomic E-state index is 12.3. The van der Waals surface area contributed by atoms with E-state index in [9.17, 15) is 13.2 Å². The molecule has 0 atom stereocenters. The molecule has 1 aromatic rings. The van der Waals surface area contributed by atoms with E-state index in [-0.39, 0.29) is 0 Å². The minimum absolute atomic E-state index is 0.526. The van der Waals surface area contributed by atoms with Crippen molar-refractivity contribution in [2.24, 2.45) is 0 Å². The summed E-state index contributed by atoms with van der Waals surface area (Å²) < 4.78 is 37.0. The second kappa shape index (κ2) is 5.05. The van der Waals surface area contributed by atoms with Crippen LogP contribution in [0.4, 0.5) is 18.9 Å². The molecule has 0 heterocycles. The molecule has 1 nitrogen and oxygen atoms in total. The lowest BCUT2D eigenvalue weighted by Crippen LogP contribution is -2.06. The van der Waals surface area contributed by atoms with Crippen molar-refractivity contribution in [2.75, 3.05) is 11.9 Å². The van der Waals surface area contributed by atoms with Gasteiger partial charge in [0.1, 0.15) is 0 Å². The third-order valence-corrected chi connectivity index (χ3v) is 2.05. The van der Waals surface area contributed by atoms with E-state index in [1.807, 2.05) is 6.92 Å². The Balaban J connectivity index is 2.66.